The lowest BCUT2D eigenvalue weighted by Crippen LogP contribution is -2.33. The fraction of sp³-hybridized carbons (Fsp3) is 0. The third-order valence-corrected chi connectivity index (χ3v) is 2.75. The van der Waals surface area contributed by atoms with Crippen molar-refractivity contribution >= 4 is 55.0 Å². The monoisotopic (exact) mass is 317 g/mol. The summed E-state index contributed by atoms with van der Waals surface area (Å²) < 4.78 is 1.46. The number of anilines is 1. The van der Waals surface area contributed by atoms with Gasteiger partial charge in [0, 0.05) is 8.95 Å². The third-order valence-electron chi connectivity index (χ3n) is 1.68. The van der Waals surface area contributed by atoms with Gasteiger partial charge in [-0.05, 0) is 28.1 Å². The normalized spacial score (nSPS) is 14.4. The molecule has 2 rings (SSSR count). The van der Waals surface area contributed by atoms with E-state index in [-0.39, 0.29) is 0 Å². The van der Waals surface area contributed by atoms with Crippen molar-refractivity contribution in [1.29, 1.82) is 0 Å². The van der Waals surface area contributed by atoms with Crippen LogP contribution in [0.5, 0.6) is 0 Å². The molecule has 0 aliphatic carbocycles. The summed E-state index contributed by atoms with van der Waals surface area (Å²) in [7, 11) is 0. The molecule has 14 heavy (non-hydrogen) atoms. The molecule has 1 radical (unpaired) electrons. The second kappa shape index (κ2) is 3.36. The van der Waals surface area contributed by atoms with Crippen LogP contribution in [-0.4, -0.2) is 11.8 Å². The molecule has 0 atom stereocenters. The molecular weight excluding hydrogens is 316 g/mol. The highest BCUT2D eigenvalue weighted by Gasteiger charge is 2.26. The maximum atomic E-state index is 11.0. The fourth-order valence-corrected chi connectivity index (χ4v) is 2.42. The zero-order valence-corrected chi connectivity index (χ0v) is 9.85. The molecule has 0 aromatic heterocycles. The van der Waals surface area contributed by atoms with Crippen molar-refractivity contribution < 1.29 is 9.59 Å². The smallest absolute Gasteiger partial charge is 0.316 e. The fourth-order valence-electron chi connectivity index (χ4n) is 1.10. The van der Waals surface area contributed by atoms with Crippen molar-refractivity contribution in [2.24, 2.45) is 0 Å². The van der Waals surface area contributed by atoms with Gasteiger partial charge < -0.3 is 5.32 Å². The highest BCUT2D eigenvalue weighted by molar-refractivity contribution is 9.11. The van der Waals surface area contributed by atoms with Crippen LogP contribution in [0.4, 0.5) is 11.4 Å². The second-order valence-electron chi connectivity index (χ2n) is 2.65. The summed E-state index contributed by atoms with van der Waals surface area (Å²) in [6.07, 6.45) is 0. The predicted molar refractivity (Wildman–Crippen MR) is 57.3 cm³/mol. The van der Waals surface area contributed by atoms with Crippen LogP contribution in [0.3, 0.4) is 0 Å². The number of amides is 2. The molecule has 1 aliphatic rings. The Hall–Kier alpha value is -0.880. The molecule has 0 fully saturated rings. The molecule has 1 heterocycles. The summed E-state index contributed by atoms with van der Waals surface area (Å²) in [6.45, 7) is 0. The van der Waals surface area contributed by atoms with Crippen molar-refractivity contribution in [3.63, 3.8) is 0 Å². The molecule has 4 nitrogen and oxygen atoms in total. The maximum absolute atomic E-state index is 11.0. The van der Waals surface area contributed by atoms with Crippen molar-refractivity contribution in [2.45, 2.75) is 0 Å². The number of nitrogens with one attached hydrogen (secondary N) is 1. The minimum atomic E-state index is -0.777. The lowest BCUT2D eigenvalue weighted by molar-refractivity contribution is -0.135. The van der Waals surface area contributed by atoms with E-state index >= 15 is 0 Å². The Morgan fingerprint density at radius 2 is 1.93 bits per heavy atom. The highest BCUT2D eigenvalue weighted by Crippen LogP contribution is 2.36. The van der Waals surface area contributed by atoms with E-state index in [1.54, 1.807) is 12.1 Å². The van der Waals surface area contributed by atoms with Gasteiger partial charge in [0.05, 0.1) is 5.69 Å². The quantitative estimate of drug-likeness (QED) is 0.743. The molecule has 1 N–H and O–H groups in total. The van der Waals surface area contributed by atoms with E-state index in [2.05, 4.69) is 42.5 Å². The molecule has 0 saturated carbocycles. The number of hydrogen-bond acceptors (Lipinski definition) is 2. The first-order valence-electron chi connectivity index (χ1n) is 3.64. The van der Waals surface area contributed by atoms with Crippen LogP contribution >= 0.6 is 31.9 Å². The minimum Gasteiger partial charge on any atom is -0.316 e. The lowest BCUT2D eigenvalue weighted by Gasteiger charge is -2.16. The number of carbonyl (C=O) groups excluding carboxylic acids is 2. The molecule has 1 aromatic carbocycles. The summed E-state index contributed by atoms with van der Waals surface area (Å²) in [4.78, 5) is 22.0. The van der Waals surface area contributed by atoms with Crippen LogP contribution in [0.1, 0.15) is 0 Å². The molecule has 2 amide bonds. The third kappa shape index (κ3) is 1.55. The Morgan fingerprint density at radius 1 is 1.21 bits per heavy atom. The van der Waals surface area contributed by atoms with Crippen molar-refractivity contribution in [2.75, 3.05) is 5.32 Å². The standard InChI is InChI=1S/C8H3Br2N2O2/c9-3-1-4(10)6-5(2-3)11-7(13)8(14)12-6/h1-2H,(H,11,13). The zero-order chi connectivity index (χ0) is 10.3. The van der Waals surface area contributed by atoms with E-state index in [0.717, 1.165) is 4.47 Å². The summed E-state index contributed by atoms with van der Waals surface area (Å²) in [5.74, 6) is -1.48. The first-order chi connectivity index (χ1) is 6.58. The number of benzene rings is 1. The predicted octanol–water partition coefficient (Wildman–Crippen LogP) is 1.93. The summed E-state index contributed by atoms with van der Waals surface area (Å²) >= 11 is 6.52. The molecule has 0 bridgehead atoms. The van der Waals surface area contributed by atoms with Crippen molar-refractivity contribution in [3.8, 4) is 0 Å². The van der Waals surface area contributed by atoms with Crippen LogP contribution in [0.15, 0.2) is 21.1 Å². The highest BCUT2D eigenvalue weighted by atomic mass is 79.9. The van der Waals surface area contributed by atoms with Gasteiger partial charge in [-0.25, -0.2) is 5.32 Å². The van der Waals surface area contributed by atoms with E-state index in [4.69, 9.17) is 0 Å². The molecule has 0 unspecified atom stereocenters. The molecule has 0 spiro atoms. The van der Waals surface area contributed by atoms with E-state index < -0.39 is 11.8 Å². The van der Waals surface area contributed by atoms with Crippen molar-refractivity contribution in [1.82, 2.24) is 5.32 Å². The summed E-state index contributed by atoms with van der Waals surface area (Å²) in [5.41, 5.74) is 0.980. The number of carbonyl (C=O) groups is 2. The van der Waals surface area contributed by atoms with Gasteiger partial charge in [0.1, 0.15) is 5.69 Å². The van der Waals surface area contributed by atoms with Gasteiger partial charge >= 0.3 is 11.8 Å². The van der Waals surface area contributed by atoms with Gasteiger partial charge in [0.25, 0.3) is 0 Å². The summed E-state index contributed by atoms with van der Waals surface area (Å²) in [5, 5.41) is 6.10. The largest absolute Gasteiger partial charge is 0.335 e. The number of nitrogens with zero attached hydrogens (tertiary/aromatic N) is 1. The van der Waals surface area contributed by atoms with Crippen LogP contribution < -0.4 is 10.6 Å². The van der Waals surface area contributed by atoms with Crippen LogP contribution in [-0.2, 0) is 9.59 Å². The Kier molecular flexibility index (Phi) is 2.32. The lowest BCUT2D eigenvalue weighted by atomic mass is 10.2. The van der Waals surface area contributed by atoms with Gasteiger partial charge in [-0.2, -0.15) is 0 Å². The molecule has 6 heteroatoms. The molecule has 71 valence electrons. The van der Waals surface area contributed by atoms with Gasteiger partial charge in [-0.1, -0.05) is 15.9 Å². The van der Waals surface area contributed by atoms with Gasteiger partial charge in [0.2, 0.25) is 0 Å². The zero-order valence-electron chi connectivity index (χ0n) is 6.67. The van der Waals surface area contributed by atoms with E-state index in [1.165, 1.54) is 0 Å². The van der Waals surface area contributed by atoms with Gasteiger partial charge in [0.15, 0.2) is 0 Å². The number of rotatable bonds is 0. The molecule has 1 aromatic rings. The van der Waals surface area contributed by atoms with E-state index in [9.17, 15) is 9.59 Å². The Balaban J connectivity index is 2.57. The number of hydrogen-bond donors (Lipinski definition) is 1. The number of fused-ring (bicyclic) bond motifs is 1. The Labute approximate surface area is 96.3 Å². The SMILES string of the molecule is O=C1[N]c2c(Br)cc(Br)cc2NC1=O. The van der Waals surface area contributed by atoms with Crippen molar-refractivity contribution in [3.05, 3.63) is 21.1 Å². The molecular formula is C8H3Br2N2O2. The maximum Gasteiger partial charge on any atom is 0.335 e. The topological polar surface area (TPSA) is 60.3 Å². The Morgan fingerprint density at radius 3 is 2.64 bits per heavy atom. The first kappa shape index (κ1) is 9.67. The van der Waals surface area contributed by atoms with Crippen LogP contribution in [0.25, 0.3) is 0 Å². The minimum absolute atomic E-state index is 0.456. The average molecular weight is 319 g/mol. The average Bonchev–Trinajstić information content (AvgIpc) is 2.08. The van der Waals surface area contributed by atoms with Gasteiger partial charge in [-0.15, -0.1) is 0 Å². The van der Waals surface area contributed by atoms with Crippen LogP contribution in [0.2, 0.25) is 0 Å². The Bertz CT molecular complexity index is 445. The number of halogens is 2. The first-order valence-corrected chi connectivity index (χ1v) is 5.22. The van der Waals surface area contributed by atoms with E-state index in [0.29, 0.717) is 15.8 Å². The van der Waals surface area contributed by atoms with Gasteiger partial charge in [-0.3, -0.25) is 9.59 Å². The van der Waals surface area contributed by atoms with E-state index in [1.807, 2.05) is 0 Å². The second-order valence-corrected chi connectivity index (χ2v) is 4.42. The molecule has 0 saturated heterocycles. The van der Waals surface area contributed by atoms with Crippen LogP contribution in [0, 0.1) is 0 Å². The summed E-state index contributed by atoms with van der Waals surface area (Å²) in [6, 6.07) is 3.45. The molecule has 1 aliphatic heterocycles.